The highest BCUT2D eigenvalue weighted by Crippen LogP contribution is 2.24. The van der Waals surface area contributed by atoms with E-state index in [0.29, 0.717) is 12.1 Å². The molecule has 5 nitrogen and oxygen atoms in total. The van der Waals surface area contributed by atoms with Gasteiger partial charge in [0.25, 0.3) is 0 Å². The third-order valence-electron chi connectivity index (χ3n) is 4.28. The van der Waals surface area contributed by atoms with E-state index in [1.54, 1.807) is 12.1 Å². The zero-order valence-electron chi connectivity index (χ0n) is 14.1. The number of aromatic nitrogens is 2. The average Bonchev–Trinajstić information content (AvgIpc) is 2.92. The van der Waals surface area contributed by atoms with Crippen LogP contribution in [0.1, 0.15) is 35.6 Å². The van der Waals surface area contributed by atoms with Gasteiger partial charge in [-0.15, -0.1) is 0 Å². The van der Waals surface area contributed by atoms with Gasteiger partial charge in [-0.05, 0) is 43.7 Å². The van der Waals surface area contributed by atoms with Crippen LogP contribution in [0.25, 0.3) is 11.0 Å². The van der Waals surface area contributed by atoms with E-state index in [1.165, 1.54) is 0 Å². The van der Waals surface area contributed by atoms with Crippen molar-refractivity contribution >= 4 is 17.0 Å². The van der Waals surface area contributed by atoms with E-state index in [0.717, 1.165) is 22.4 Å². The van der Waals surface area contributed by atoms with Crippen molar-refractivity contribution < 1.29 is 9.90 Å². The van der Waals surface area contributed by atoms with Crippen LogP contribution in [0.4, 0.5) is 0 Å². The molecule has 0 radical (unpaired) electrons. The van der Waals surface area contributed by atoms with Gasteiger partial charge in [-0.25, -0.2) is 9.78 Å². The Bertz CT molecular complexity index is 879. The summed E-state index contributed by atoms with van der Waals surface area (Å²) in [6, 6.07) is 15.0. The van der Waals surface area contributed by atoms with Crippen molar-refractivity contribution in [3.63, 3.8) is 0 Å². The first kappa shape index (κ1) is 16.2. The Balaban J connectivity index is 1.79. The number of para-hydroxylation sites is 2. The maximum Gasteiger partial charge on any atom is 0.335 e. The zero-order valence-corrected chi connectivity index (χ0v) is 14.1. The van der Waals surface area contributed by atoms with Crippen LogP contribution in [-0.2, 0) is 19.1 Å². The highest BCUT2D eigenvalue weighted by molar-refractivity contribution is 5.87. The van der Waals surface area contributed by atoms with Gasteiger partial charge in [0.05, 0.1) is 22.1 Å². The summed E-state index contributed by atoms with van der Waals surface area (Å²) in [5, 5.41) is 12.5. The Kier molecular flexibility index (Phi) is 4.11. The van der Waals surface area contributed by atoms with E-state index in [-0.39, 0.29) is 5.54 Å². The van der Waals surface area contributed by atoms with Crippen LogP contribution >= 0.6 is 0 Å². The quantitative estimate of drug-likeness (QED) is 0.756. The van der Waals surface area contributed by atoms with Crippen LogP contribution in [0.5, 0.6) is 0 Å². The number of carboxylic acids is 1. The van der Waals surface area contributed by atoms with Crippen LogP contribution < -0.4 is 5.32 Å². The van der Waals surface area contributed by atoms with Gasteiger partial charge in [-0.2, -0.15) is 0 Å². The first-order chi connectivity index (χ1) is 11.4. The lowest BCUT2D eigenvalue weighted by molar-refractivity contribution is 0.0697. The van der Waals surface area contributed by atoms with Gasteiger partial charge in [0.15, 0.2) is 0 Å². The van der Waals surface area contributed by atoms with Gasteiger partial charge in [-0.3, -0.25) is 0 Å². The van der Waals surface area contributed by atoms with E-state index in [1.807, 2.05) is 37.4 Å². The summed E-state index contributed by atoms with van der Waals surface area (Å²) in [6.45, 7) is 4.83. The molecular weight excluding hydrogens is 302 g/mol. The second-order valence-electron chi connectivity index (χ2n) is 6.46. The number of hydrogen-bond donors (Lipinski definition) is 2. The number of aryl methyl sites for hydroxylation is 1. The molecule has 0 amide bonds. The molecule has 0 saturated carbocycles. The average molecular weight is 323 g/mol. The number of benzene rings is 2. The van der Waals surface area contributed by atoms with Gasteiger partial charge in [0.1, 0.15) is 5.82 Å². The van der Waals surface area contributed by atoms with Crippen LogP contribution in [0.15, 0.2) is 48.5 Å². The zero-order chi connectivity index (χ0) is 17.3. The molecular formula is C19H21N3O2. The highest BCUT2D eigenvalue weighted by atomic mass is 16.4. The minimum Gasteiger partial charge on any atom is -0.478 e. The third kappa shape index (κ3) is 3.03. The second kappa shape index (κ2) is 6.09. The number of carbonyl (C=O) groups is 1. The summed E-state index contributed by atoms with van der Waals surface area (Å²) in [7, 11) is 2.02. The fourth-order valence-corrected chi connectivity index (χ4v) is 2.87. The lowest BCUT2D eigenvalue weighted by Crippen LogP contribution is -2.38. The molecule has 2 N–H and O–H groups in total. The van der Waals surface area contributed by atoms with Gasteiger partial charge in [-0.1, -0.05) is 24.3 Å². The van der Waals surface area contributed by atoms with Crippen LogP contribution in [0.2, 0.25) is 0 Å². The number of rotatable bonds is 5. The van der Waals surface area contributed by atoms with Gasteiger partial charge < -0.3 is 15.0 Å². The van der Waals surface area contributed by atoms with Crippen molar-refractivity contribution in [3.8, 4) is 0 Å². The van der Waals surface area contributed by atoms with Crippen molar-refractivity contribution in [2.45, 2.75) is 25.9 Å². The molecule has 0 aliphatic rings. The Morgan fingerprint density at radius 2 is 1.83 bits per heavy atom. The summed E-state index contributed by atoms with van der Waals surface area (Å²) in [6.07, 6.45) is 0. The lowest BCUT2D eigenvalue weighted by Gasteiger charge is -2.26. The van der Waals surface area contributed by atoms with Crippen LogP contribution in [0, 0.1) is 0 Å². The van der Waals surface area contributed by atoms with Crippen molar-refractivity contribution in [2.75, 3.05) is 0 Å². The molecule has 2 aromatic carbocycles. The Morgan fingerprint density at radius 1 is 1.17 bits per heavy atom. The Labute approximate surface area is 141 Å². The topological polar surface area (TPSA) is 67.2 Å². The van der Waals surface area contributed by atoms with E-state index in [4.69, 9.17) is 10.1 Å². The smallest absolute Gasteiger partial charge is 0.335 e. The second-order valence-corrected chi connectivity index (χ2v) is 6.46. The molecule has 0 unspecified atom stereocenters. The molecule has 0 aliphatic carbocycles. The monoisotopic (exact) mass is 323 g/mol. The molecule has 3 aromatic rings. The SMILES string of the molecule is Cn1c(C(C)(C)NCc2ccc(C(=O)O)cc2)nc2ccccc21. The van der Waals surface area contributed by atoms with Crippen molar-refractivity contribution in [2.24, 2.45) is 7.05 Å². The van der Waals surface area contributed by atoms with Crippen molar-refractivity contribution in [1.29, 1.82) is 0 Å². The number of imidazole rings is 1. The molecule has 1 heterocycles. The molecule has 5 heteroatoms. The first-order valence-corrected chi connectivity index (χ1v) is 7.88. The number of carboxylic acid groups (broad SMARTS) is 1. The predicted octanol–water partition coefficient (Wildman–Crippen LogP) is 3.30. The molecule has 0 aliphatic heterocycles. The molecule has 1 aromatic heterocycles. The maximum absolute atomic E-state index is 10.9. The van der Waals surface area contributed by atoms with Crippen LogP contribution in [0.3, 0.4) is 0 Å². The van der Waals surface area contributed by atoms with E-state index in [9.17, 15) is 4.79 Å². The van der Waals surface area contributed by atoms with Gasteiger partial charge >= 0.3 is 5.97 Å². The standard InChI is InChI=1S/C19H21N3O2/c1-19(2,18-21-15-6-4-5-7-16(15)22(18)3)20-12-13-8-10-14(11-9-13)17(23)24/h4-11,20H,12H2,1-3H3,(H,23,24). The number of fused-ring (bicyclic) bond motifs is 1. The molecule has 3 rings (SSSR count). The first-order valence-electron chi connectivity index (χ1n) is 7.88. The normalized spacial score (nSPS) is 11.8. The minimum atomic E-state index is -0.908. The fourth-order valence-electron chi connectivity index (χ4n) is 2.87. The van der Waals surface area contributed by atoms with E-state index in [2.05, 4.69) is 29.8 Å². The summed E-state index contributed by atoms with van der Waals surface area (Å²) < 4.78 is 2.11. The molecule has 0 fully saturated rings. The van der Waals surface area contributed by atoms with Gasteiger partial charge in [0, 0.05) is 13.6 Å². The Hall–Kier alpha value is -2.66. The number of nitrogens with zero attached hydrogens (tertiary/aromatic N) is 2. The fraction of sp³-hybridized carbons (Fsp3) is 0.263. The molecule has 0 saturated heterocycles. The number of aromatic carboxylic acids is 1. The van der Waals surface area contributed by atoms with E-state index >= 15 is 0 Å². The summed E-state index contributed by atoms with van der Waals surface area (Å²) in [4.78, 5) is 15.7. The van der Waals surface area contributed by atoms with Gasteiger partial charge in [0.2, 0.25) is 0 Å². The highest BCUT2D eigenvalue weighted by Gasteiger charge is 2.26. The molecule has 24 heavy (non-hydrogen) atoms. The van der Waals surface area contributed by atoms with E-state index < -0.39 is 5.97 Å². The summed E-state index contributed by atoms with van der Waals surface area (Å²) >= 11 is 0. The van der Waals surface area contributed by atoms with Crippen LogP contribution in [-0.4, -0.2) is 20.6 Å². The largest absolute Gasteiger partial charge is 0.478 e. The number of hydrogen-bond acceptors (Lipinski definition) is 3. The maximum atomic E-state index is 10.9. The molecule has 0 atom stereocenters. The Morgan fingerprint density at radius 3 is 2.46 bits per heavy atom. The molecule has 0 bridgehead atoms. The number of nitrogens with one attached hydrogen (secondary N) is 1. The third-order valence-corrected chi connectivity index (χ3v) is 4.28. The van der Waals surface area contributed by atoms with Crippen molar-refractivity contribution in [1.82, 2.24) is 14.9 Å². The minimum absolute atomic E-state index is 0.299. The summed E-state index contributed by atoms with van der Waals surface area (Å²) in [5.74, 6) is 0.0559. The van der Waals surface area contributed by atoms with Crippen molar-refractivity contribution in [3.05, 3.63) is 65.5 Å². The molecule has 124 valence electrons. The molecule has 0 spiro atoms. The lowest BCUT2D eigenvalue weighted by atomic mass is 10.0. The summed E-state index contributed by atoms with van der Waals surface area (Å²) in [5.41, 5.74) is 3.10. The predicted molar refractivity (Wildman–Crippen MR) is 94.0 cm³/mol.